The molecule has 0 bridgehead atoms. The Labute approximate surface area is 135 Å². The van der Waals surface area contributed by atoms with Gasteiger partial charge in [0.2, 0.25) is 5.13 Å². The zero-order valence-electron chi connectivity index (χ0n) is 13.1. The molecule has 1 aromatic heterocycles. The van der Waals surface area contributed by atoms with Gasteiger partial charge in [0.25, 0.3) is 0 Å². The Morgan fingerprint density at radius 3 is 2.73 bits per heavy atom. The maximum atomic E-state index is 5.07. The van der Waals surface area contributed by atoms with Gasteiger partial charge in [0, 0.05) is 31.7 Å². The molecule has 2 aromatic rings. The third kappa shape index (κ3) is 3.36. The van der Waals surface area contributed by atoms with Gasteiger partial charge < -0.3 is 9.64 Å². The lowest BCUT2D eigenvalue weighted by Crippen LogP contribution is -2.28. The van der Waals surface area contributed by atoms with Gasteiger partial charge in [-0.2, -0.15) is 4.37 Å². The van der Waals surface area contributed by atoms with Crippen molar-refractivity contribution in [1.29, 1.82) is 0 Å². The quantitative estimate of drug-likeness (QED) is 0.846. The number of ether oxygens (including phenoxy) is 1. The second-order valence-electron chi connectivity index (χ2n) is 5.40. The van der Waals surface area contributed by atoms with Crippen LogP contribution in [0.1, 0.15) is 30.3 Å². The first-order valence-electron chi connectivity index (χ1n) is 7.65. The van der Waals surface area contributed by atoms with Crippen LogP contribution < -0.4 is 4.90 Å². The van der Waals surface area contributed by atoms with Crippen molar-refractivity contribution in [3.8, 4) is 0 Å². The van der Waals surface area contributed by atoms with Crippen LogP contribution in [0.2, 0.25) is 0 Å². The van der Waals surface area contributed by atoms with Crippen LogP contribution in [0, 0.1) is 0 Å². The van der Waals surface area contributed by atoms with Crippen molar-refractivity contribution >= 4 is 22.2 Å². The number of rotatable bonds is 5. The molecule has 116 valence electrons. The van der Waals surface area contributed by atoms with E-state index in [-0.39, 0.29) is 0 Å². The minimum atomic E-state index is 0.481. The van der Waals surface area contributed by atoms with Crippen LogP contribution in [0.15, 0.2) is 30.3 Å². The van der Waals surface area contributed by atoms with E-state index in [1.54, 1.807) is 7.11 Å². The van der Waals surface area contributed by atoms with Crippen LogP contribution in [-0.2, 0) is 17.8 Å². The predicted molar refractivity (Wildman–Crippen MR) is 91.2 cm³/mol. The second kappa shape index (κ2) is 7.03. The summed E-state index contributed by atoms with van der Waals surface area (Å²) in [4.78, 5) is 6.80. The summed E-state index contributed by atoms with van der Waals surface area (Å²) in [7, 11) is 1.67. The number of methoxy groups -OCH3 is 1. The highest BCUT2D eigenvalue weighted by Crippen LogP contribution is 2.27. The first-order valence-corrected chi connectivity index (χ1v) is 8.42. The van der Waals surface area contributed by atoms with E-state index in [2.05, 4.69) is 51.5 Å². The third-order valence-corrected chi connectivity index (χ3v) is 4.76. The molecule has 0 atom stereocenters. The summed E-state index contributed by atoms with van der Waals surface area (Å²) >= 11 is 1.45. The van der Waals surface area contributed by atoms with Crippen LogP contribution in [-0.4, -0.2) is 29.6 Å². The molecule has 0 saturated carbocycles. The number of benzene rings is 1. The Kier molecular flexibility index (Phi) is 4.85. The molecule has 1 aromatic carbocycles. The average molecular weight is 315 g/mol. The highest BCUT2D eigenvalue weighted by molar-refractivity contribution is 7.09. The van der Waals surface area contributed by atoms with Crippen LogP contribution in [0.3, 0.4) is 0 Å². The van der Waals surface area contributed by atoms with Crippen molar-refractivity contribution in [3.05, 3.63) is 47.3 Å². The monoisotopic (exact) mass is 315 g/mol. The molecule has 0 saturated heterocycles. The summed E-state index contributed by atoms with van der Waals surface area (Å²) in [6.07, 6.45) is 4.44. The summed E-state index contributed by atoms with van der Waals surface area (Å²) in [5.74, 6) is 0.771. The molecule has 5 heteroatoms. The van der Waals surface area contributed by atoms with Gasteiger partial charge in [-0.3, -0.25) is 0 Å². The summed E-state index contributed by atoms with van der Waals surface area (Å²) in [6.45, 7) is 4.55. The maximum absolute atomic E-state index is 5.07. The van der Waals surface area contributed by atoms with Crippen molar-refractivity contribution in [2.75, 3.05) is 25.1 Å². The molecule has 0 spiro atoms. The van der Waals surface area contributed by atoms with E-state index < -0.39 is 0 Å². The van der Waals surface area contributed by atoms with E-state index in [0.717, 1.165) is 36.9 Å². The molecular weight excluding hydrogens is 294 g/mol. The minimum absolute atomic E-state index is 0.481. The van der Waals surface area contributed by atoms with Crippen LogP contribution in [0.5, 0.6) is 0 Å². The van der Waals surface area contributed by atoms with E-state index in [0.29, 0.717) is 6.61 Å². The van der Waals surface area contributed by atoms with Gasteiger partial charge in [0.1, 0.15) is 6.61 Å². The third-order valence-electron chi connectivity index (χ3n) is 3.94. The van der Waals surface area contributed by atoms with Crippen LogP contribution in [0.4, 0.5) is 5.13 Å². The second-order valence-corrected chi connectivity index (χ2v) is 6.13. The smallest absolute Gasteiger partial charge is 0.205 e. The molecule has 0 radical (unpaired) electrons. The molecule has 0 N–H and O–H groups in total. The summed E-state index contributed by atoms with van der Waals surface area (Å²) in [6, 6.07) is 8.93. The fourth-order valence-electron chi connectivity index (χ4n) is 2.62. The van der Waals surface area contributed by atoms with Crippen LogP contribution in [0.25, 0.3) is 5.57 Å². The normalized spacial score (nSPS) is 15.0. The van der Waals surface area contributed by atoms with Gasteiger partial charge in [-0.1, -0.05) is 37.3 Å². The van der Waals surface area contributed by atoms with Crippen molar-refractivity contribution in [2.45, 2.75) is 26.4 Å². The van der Waals surface area contributed by atoms with E-state index in [4.69, 9.17) is 4.74 Å². The summed E-state index contributed by atoms with van der Waals surface area (Å²) in [5.41, 5.74) is 4.16. The van der Waals surface area contributed by atoms with Crippen molar-refractivity contribution in [3.63, 3.8) is 0 Å². The summed E-state index contributed by atoms with van der Waals surface area (Å²) < 4.78 is 9.39. The molecule has 0 fully saturated rings. The predicted octanol–water partition coefficient (Wildman–Crippen LogP) is 3.54. The number of aryl methyl sites for hydroxylation is 1. The lowest BCUT2D eigenvalue weighted by molar-refractivity contribution is 0.179. The molecule has 1 aliphatic heterocycles. The Bertz CT molecular complexity index is 648. The molecule has 2 heterocycles. The van der Waals surface area contributed by atoms with Gasteiger partial charge in [-0.25, -0.2) is 4.98 Å². The van der Waals surface area contributed by atoms with E-state index >= 15 is 0 Å². The topological polar surface area (TPSA) is 38.2 Å². The average Bonchev–Trinajstić information content (AvgIpc) is 3.04. The van der Waals surface area contributed by atoms with Gasteiger partial charge in [-0.05, 0) is 29.5 Å². The molecule has 22 heavy (non-hydrogen) atoms. The molecule has 4 nitrogen and oxygen atoms in total. The van der Waals surface area contributed by atoms with Gasteiger partial charge in [-0.15, -0.1) is 0 Å². The Hall–Kier alpha value is -1.72. The number of aromatic nitrogens is 2. The lowest BCUT2D eigenvalue weighted by Gasteiger charge is -2.25. The van der Waals surface area contributed by atoms with Crippen LogP contribution >= 0.6 is 11.5 Å². The van der Waals surface area contributed by atoms with Crippen molar-refractivity contribution in [1.82, 2.24) is 9.36 Å². The van der Waals surface area contributed by atoms with E-state index in [9.17, 15) is 0 Å². The Morgan fingerprint density at radius 1 is 1.27 bits per heavy atom. The van der Waals surface area contributed by atoms with Crippen molar-refractivity contribution < 1.29 is 4.74 Å². The van der Waals surface area contributed by atoms with Gasteiger partial charge >= 0.3 is 0 Å². The highest BCUT2D eigenvalue weighted by Gasteiger charge is 2.17. The minimum Gasteiger partial charge on any atom is -0.377 e. The maximum Gasteiger partial charge on any atom is 0.205 e. The largest absolute Gasteiger partial charge is 0.377 e. The fourth-order valence-corrected chi connectivity index (χ4v) is 3.33. The Morgan fingerprint density at radius 2 is 2.09 bits per heavy atom. The van der Waals surface area contributed by atoms with Gasteiger partial charge in [0.15, 0.2) is 5.82 Å². The van der Waals surface area contributed by atoms with Gasteiger partial charge in [0.05, 0.1) is 0 Å². The standard InChI is InChI=1S/C17H21N3OS/c1-3-13-4-6-14(7-5-13)15-8-10-20(11-9-15)17-18-16(12-21-2)19-22-17/h4-8H,3,9-12H2,1-2H3. The lowest BCUT2D eigenvalue weighted by atomic mass is 9.98. The number of anilines is 1. The first-order chi connectivity index (χ1) is 10.8. The molecular formula is C17H21N3OS. The molecule has 1 aliphatic rings. The molecule has 3 rings (SSSR count). The zero-order valence-corrected chi connectivity index (χ0v) is 13.9. The molecule has 0 aliphatic carbocycles. The number of hydrogen-bond acceptors (Lipinski definition) is 5. The SMILES string of the molecule is CCc1ccc(C2=CCN(c3nc(COC)ns3)CC2)cc1. The summed E-state index contributed by atoms with van der Waals surface area (Å²) in [5, 5.41) is 0.990. The first kappa shape index (κ1) is 15.2. The molecule has 0 amide bonds. The number of hydrogen-bond donors (Lipinski definition) is 0. The fraction of sp³-hybridized carbons (Fsp3) is 0.412. The number of nitrogens with zero attached hydrogens (tertiary/aromatic N) is 3. The highest BCUT2D eigenvalue weighted by atomic mass is 32.1. The zero-order chi connectivity index (χ0) is 15.4. The van der Waals surface area contributed by atoms with Crippen molar-refractivity contribution in [2.24, 2.45) is 0 Å². The Balaban J connectivity index is 1.67. The van der Waals surface area contributed by atoms with E-state index in [1.807, 2.05) is 0 Å². The van der Waals surface area contributed by atoms with E-state index in [1.165, 1.54) is 28.2 Å². The molecule has 0 unspecified atom stereocenters.